The van der Waals surface area contributed by atoms with Crippen LogP contribution in [-0.4, -0.2) is 47.5 Å². The van der Waals surface area contributed by atoms with Crippen molar-refractivity contribution in [2.45, 2.75) is 38.1 Å². The average Bonchev–Trinajstić information content (AvgIpc) is 3.54. The number of thiophene rings is 1. The summed E-state index contributed by atoms with van der Waals surface area (Å²) in [4.78, 5) is 25.3. The molecule has 1 unspecified atom stereocenters. The molecule has 1 amide bonds. The van der Waals surface area contributed by atoms with Crippen LogP contribution in [0.4, 0.5) is 0 Å². The number of rotatable bonds is 3. The maximum absolute atomic E-state index is 13.8. The quantitative estimate of drug-likeness (QED) is 0.565. The molecule has 9 heteroatoms. The summed E-state index contributed by atoms with van der Waals surface area (Å²) in [7, 11) is 0. The third kappa shape index (κ3) is 2.61. The van der Waals surface area contributed by atoms with Crippen molar-refractivity contribution in [2.24, 2.45) is 0 Å². The second-order valence-corrected chi connectivity index (χ2v) is 8.67. The molecule has 0 bridgehead atoms. The molecular weight excluding hydrogens is 386 g/mol. The number of carbonyl (C=O) groups excluding carboxylic acids is 1. The van der Waals surface area contributed by atoms with Gasteiger partial charge in [-0.3, -0.25) is 4.79 Å². The Balaban J connectivity index is 1.41. The lowest BCUT2D eigenvalue weighted by atomic mass is 10.1. The largest absolute Gasteiger partial charge is 0.340 e. The number of carbonyl (C=O) groups is 1. The first-order valence-electron chi connectivity index (χ1n) is 9.93. The van der Waals surface area contributed by atoms with E-state index in [-0.39, 0.29) is 11.9 Å². The summed E-state index contributed by atoms with van der Waals surface area (Å²) >= 11 is 1.64. The number of amides is 1. The van der Waals surface area contributed by atoms with Crippen molar-refractivity contribution < 1.29 is 4.79 Å². The molecular formula is C20H19N7OS. The first kappa shape index (κ1) is 16.8. The number of benzene rings is 1. The summed E-state index contributed by atoms with van der Waals surface area (Å²) in [6.45, 7) is 0.736. The van der Waals surface area contributed by atoms with Crippen LogP contribution in [0.15, 0.2) is 30.6 Å². The standard InChI is InChI=1S/C20H19N7OS/c28-19(17-12-5-3-9-16(12)29-20(17)27-11-21-24-25-27)26-10-4-8-15(26)18-22-13-6-1-2-7-14(13)23-18/h1-2,6-7,11,15H,3-5,8-10H2,(H,22,23). The van der Waals surface area contributed by atoms with E-state index in [1.165, 1.54) is 10.4 Å². The van der Waals surface area contributed by atoms with Crippen molar-refractivity contribution in [1.29, 1.82) is 0 Å². The van der Waals surface area contributed by atoms with Crippen LogP contribution in [0.25, 0.3) is 16.0 Å². The molecule has 1 aliphatic carbocycles. The second-order valence-electron chi connectivity index (χ2n) is 7.59. The number of hydrogen-bond donors (Lipinski definition) is 1. The Labute approximate surface area is 170 Å². The fraction of sp³-hybridized carbons (Fsp3) is 0.350. The van der Waals surface area contributed by atoms with Crippen molar-refractivity contribution in [3.8, 4) is 5.00 Å². The van der Waals surface area contributed by atoms with E-state index in [0.717, 1.165) is 66.1 Å². The molecule has 2 aliphatic rings. The third-order valence-electron chi connectivity index (χ3n) is 5.91. The summed E-state index contributed by atoms with van der Waals surface area (Å²) in [6, 6.07) is 7.97. The Morgan fingerprint density at radius 3 is 3.00 bits per heavy atom. The Morgan fingerprint density at radius 2 is 2.14 bits per heavy atom. The van der Waals surface area contributed by atoms with E-state index >= 15 is 0 Å². The highest BCUT2D eigenvalue weighted by atomic mass is 32.1. The smallest absolute Gasteiger partial charge is 0.257 e. The number of fused-ring (bicyclic) bond motifs is 2. The summed E-state index contributed by atoms with van der Waals surface area (Å²) in [6.07, 6.45) is 6.52. The highest BCUT2D eigenvalue weighted by Gasteiger charge is 2.37. The van der Waals surface area contributed by atoms with Gasteiger partial charge in [0.1, 0.15) is 17.2 Å². The molecule has 4 aromatic rings. The van der Waals surface area contributed by atoms with Gasteiger partial charge in [-0.25, -0.2) is 4.98 Å². The Hall–Kier alpha value is -3.07. The van der Waals surface area contributed by atoms with Crippen molar-refractivity contribution in [2.75, 3.05) is 6.54 Å². The van der Waals surface area contributed by atoms with Crippen LogP contribution in [0.3, 0.4) is 0 Å². The summed E-state index contributed by atoms with van der Waals surface area (Å²) in [5.41, 5.74) is 3.90. The van der Waals surface area contributed by atoms with Gasteiger partial charge in [0.05, 0.1) is 22.6 Å². The monoisotopic (exact) mass is 405 g/mol. The van der Waals surface area contributed by atoms with Crippen LogP contribution in [0.2, 0.25) is 0 Å². The number of aryl methyl sites for hydroxylation is 1. The lowest BCUT2D eigenvalue weighted by Gasteiger charge is -2.24. The van der Waals surface area contributed by atoms with E-state index in [4.69, 9.17) is 4.98 Å². The number of hydrogen-bond acceptors (Lipinski definition) is 6. The topological polar surface area (TPSA) is 92.6 Å². The normalized spacial score (nSPS) is 18.6. The number of aromatic nitrogens is 6. The number of nitrogens with one attached hydrogen (secondary N) is 1. The van der Waals surface area contributed by atoms with Crippen LogP contribution >= 0.6 is 11.3 Å². The van der Waals surface area contributed by atoms with E-state index in [1.807, 2.05) is 29.2 Å². The minimum atomic E-state index is -0.0337. The third-order valence-corrected chi connectivity index (χ3v) is 7.19. The van der Waals surface area contributed by atoms with Crippen LogP contribution < -0.4 is 0 Å². The zero-order valence-corrected chi connectivity index (χ0v) is 16.5. The van der Waals surface area contributed by atoms with Gasteiger partial charge in [-0.05, 0) is 60.2 Å². The Kier molecular flexibility index (Phi) is 3.77. The SMILES string of the molecule is O=C(c1c(-n2cnnn2)sc2c1CCC2)N1CCCC1c1nc2ccccc2[nH]1. The summed E-state index contributed by atoms with van der Waals surface area (Å²) < 4.78 is 1.63. The van der Waals surface area contributed by atoms with Gasteiger partial charge in [0.25, 0.3) is 5.91 Å². The van der Waals surface area contributed by atoms with E-state index in [1.54, 1.807) is 22.3 Å². The first-order valence-corrected chi connectivity index (χ1v) is 10.7. The zero-order chi connectivity index (χ0) is 19.4. The predicted octanol–water partition coefficient (Wildman–Crippen LogP) is 3.07. The van der Waals surface area contributed by atoms with Crippen molar-refractivity contribution in [3.63, 3.8) is 0 Å². The maximum atomic E-state index is 13.8. The van der Waals surface area contributed by atoms with E-state index in [9.17, 15) is 4.79 Å². The van der Waals surface area contributed by atoms with Crippen LogP contribution in [-0.2, 0) is 12.8 Å². The molecule has 6 rings (SSSR count). The number of H-pyrrole nitrogens is 1. The lowest BCUT2D eigenvalue weighted by Crippen LogP contribution is -2.32. The Morgan fingerprint density at radius 1 is 1.21 bits per heavy atom. The molecule has 1 aliphatic heterocycles. The number of tetrazole rings is 1. The van der Waals surface area contributed by atoms with Gasteiger partial charge in [-0.2, -0.15) is 4.68 Å². The van der Waals surface area contributed by atoms with Gasteiger partial charge < -0.3 is 9.88 Å². The zero-order valence-electron chi connectivity index (χ0n) is 15.7. The van der Waals surface area contributed by atoms with E-state index < -0.39 is 0 Å². The van der Waals surface area contributed by atoms with Gasteiger partial charge in [0.15, 0.2) is 0 Å². The molecule has 4 heterocycles. The van der Waals surface area contributed by atoms with Crippen LogP contribution in [0.1, 0.15) is 51.9 Å². The fourth-order valence-corrected chi connectivity index (χ4v) is 5.89. The molecule has 3 aromatic heterocycles. The molecule has 8 nitrogen and oxygen atoms in total. The van der Waals surface area contributed by atoms with Crippen molar-refractivity contribution >= 4 is 28.3 Å². The van der Waals surface area contributed by atoms with E-state index in [2.05, 4.69) is 20.5 Å². The molecule has 1 aromatic carbocycles. The lowest BCUT2D eigenvalue weighted by molar-refractivity contribution is 0.0730. The molecule has 29 heavy (non-hydrogen) atoms. The average molecular weight is 405 g/mol. The Bertz CT molecular complexity index is 1180. The molecule has 0 radical (unpaired) electrons. The predicted molar refractivity (Wildman–Crippen MR) is 108 cm³/mol. The molecule has 0 saturated carbocycles. The second kappa shape index (κ2) is 6.48. The highest BCUT2D eigenvalue weighted by Crippen LogP contribution is 2.40. The summed E-state index contributed by atoms with van der Waals surface area (Å²) in [5.74, 6) is 0.936. The number of aromatic amines is 1. The number of imidazole rings is 1. The van der Waals surface area contributed by atoms with Gasteiger partial charge in [-0.15, -0.1) is 16.4 Å². The van der Waals surface area contributed by atoms with E-state index in [0.29, 0.717) is 0 Å². The fourth-order valence-electron chi connectivity index (χ4n) is 4.59. The van der Waals surface area contributed by atoms with Gasteiger partial charge in [0.2, 0.25) is 0 Å². The van der Waals surface area contributed by atoms with Crippen LogP contribution in [0, 0.1) is 0 Å². The molecule has 1 fully saturated rings. The highest BCUT2D eigenvalue weighted by molar-refractivity contribution is 7.15. The molecule has 1 atom stereocenters. The minimum absolute atomic E-state index is 0.0337. The molecule has 146 valence electrons. The van der Waals surface area contributed by atoms with Gasteiger partial charge >= 0.3 is 0 Å². The van der Waals surface area contributed by atoms with Gasteiger partial charge in [-0.1, -0.05) is 12.1 Å². The number of para-hydroxylation sites is 2. The number of likely N-dealkylation sites (tertiary alicyclic amines) is 1. The van der Waals surface area contributed by atoms with Crippen molar-refractivity contribution in [3.05, 3.63) is 52.4 Å². The minimum Gasteiger partial charge on any atom is -0.340 e. The molecule has 1 saturated heterocycles. The number of nitrogens with zero attached hydrogens (tertiary/aromatic N) is 6. The van der Waals surface area contributed by atoms with Gasteiger partial charge in [0, 0.05) is 11.4 Å². The maximum Gasteiger partial charge on any atom is 0.257 e. The first-order chi connectivity index (χ1) is 14.3. The summed E-state index contributed by atoms with van der Waals surface area (Å²) in [5, 5.41) is 12.4. The van der Waals surface area contributed by atoms with Crippen LogP contribution in [0.5, 0.6) is 0 Å². The van der Waals surface area contributed by atoms with Crippen molar-refractivity contribution in [1.82, 2.24) is 35.1 Å². The molecule has 1 N–H and O–H groups in total. The molecule has 0 spiro atoms.